The van der Waals surface area contributed by atoms with Crippen LogP contribution in [-0.2, 0) is 0 Å². The molecule has 3 nitrogen and oxygen atoms in total. The molecule has 0 aromatic carbocycles. The standard InChI is InChI=1S/C8H9BrN2O/c9-5-3-11-8(12)7(10)6(5)4-1-2-4/h3-4H,1-2,10H2,(H,11,12). The van der Waals surface area contributed by atoms with Crippen molar-refractivity contribution in [2.45, 2.75) is 18.8 Å². The molecule has 0 unspecified atom stereocenters. The van der Waals surface area contributed by atoms with Crippen LogP contribution in [0.15, 0.2) is 15.5 Å². The number of nitrogens with two attached hydrogens (primary N) is 1. The zero-order valence-electron chi connectivity index (χ0n) is 6.43. The van der Waals surface area contributed by atoms with E-state index in [1.807, 2.05) is 0 Å². The van der Waals surface area contributed by atoms with Gasteiger partial charge in [-0.3, -0.25) is 4.79 Å². The summed E-state index contributed by atoms with van der Waals surface area (Å²) < 4.78 is 0.919. The van der Waals surface area contributed by atoms with Crippen LogP contribution in [0, 0.1) is 0 Å². The summed E-state index contributed by atoms with van der Waals surface area (Å²) in [6.07, 6.45) is 3.95. The molecule has 1 aromatic rings. The summed E-state index contributed by atoms with van der Waals surface area (Å²) in [5.74, 6) is 0.502. The maximum atomic E-state index is 11.1. The molecule has 4 heteroatoms. The van der Waals surface area contributed by atoms with Gasteiger partial charge < -0.3 is 10.7 Å². The first-order chi connectivity index (χ1) is 5.70. The second-order valence-electron chi connectivity index (χ2n) is 3.07. The van der Waals surface area contributed by atoms with Crippen LogP contribution < -0.4 is 11.3 Å². The Labute approximate surface area is 78.1 Å². The zero-order valence-corrected chi connectivity index (χ0v) is 8.02. The lowest BCUT2D eigenvalue weighted by molar-refractivity contribution is 1.08. The molecule has 1 fully saturated rings. The first-order valence-electron chi connectivity index (χ1n) is 3.86. The number of H-pyrrole nitrogens is 1. The summed E-state index contributed by atoms with van der Waals surface area (Å²) in [6, 6.07) is 0. The Morgan fingerprint density at radius 3 is 2.83 bits per heavy atom. The number of nitrogen functional groups attached to an aromatic ring is 1. The molecular formula is C8H9BrN2O. The molecule has 0 aliphatic heterocycles. The monoisotopic (exact) mass is 228 g/mol. The summed E-state index contributed by atoms with van der Waals surface area (Å²) in [7, 11) is 0. The van der Waals surface area contributed by atoms with Crippen molar-refractivity contribution in [2.24, 2.45) is 0 Å². The van der Waals surface area contributed by atoms with E-state index >= 15 is 0 Å². The van der Waals surface area contributed by atoms with Crippen LogP contribution in [-0.4, -0.2) is 4.98 Å². The largest absolute Gasteiger partial charge is 0.394 e. The molecule has 1 saturated carbocycles. The van der Waals surface area contributed by atoms with Gasteiger partial charge in [0.15, 0.2) is 0 Å². The van der Waals surface area contributed by atoms with Crippen LogP contribution >= 0.6 is 15.9 Å². The number of pyridine rings is 1. The Balaban J connectivity index is 2.62. The van der Waals surface area contributed by atoms with Crippen molar-refractivity contribution in [3.8, 4) is 0 Å². The van der Waals surface area contributed by atoms with Crippen molar-refractivity contribution in [2.75, 3.05) is 5.73 Å². The lowest BCUT2D eigenvalue weighted by atomic mass is 10.1. The zero-order chi connectivity index (χ0) is 8.72. The first-order valence-corrected chi connectivity index (χ1v) is 4.66. The molecular weight excluding hydrogens is 220 g/mol. The molecule has 1 aliphatic rings. The van der Waals surface area contributed by atoms with Crippen LogP contribution in [0.3, 0.4) is 0 Å². The van der Waals surface area contributed by atoms with E-state index in [1.54, 1.807) is 6.20 Å². The molecule has 12 heavy (non-hydrogen) atoms. The predicted molar refractivity (Wildman–Crippen MR) is 51.2 cm³/mol. The van der Waals surface area contributed by atoms with Crippen molar-refractivity contribution in [3.05, 3.63) is 26.6 Å². The fourth-order valence-corrected chi connectivity index (χ4v) is 1.97. The summed E-state index contributed by atoms with van der Waals surface area (Å²) in [4.78, 5) is 13.7. The maximum Gasteiger partial charge on any atom is 0.271 e. The number of halogens is 1. The van der Waals surface area contributed by atoms with Crippen LogP contribution in [0.4, 0.5) is 5.69 Å². The van der Waals surface area contributed by atoms with Gasteiger partial charge in [0.2, 0.25) is 0 Å². The lowest BCUT2D eigenvalue weighted by Crippen LogP contribution is -2.13. The van der Waals surface area contributed by atoms with Gasteiger partial charge in [-0.05, 0) is 40.3 Å². The van der Waals surface area contributed by atoms with Gasteiger partial charge in [0.25, 0.3) is 5.56 Å². The third kappa shape index (κ3) is 1.16. The number of hydrogen-bond donors (Lipinski definition) is 2. The second kappa shape index (κ2) is 2.62. The van der Waals surface area contributed by atoms with E-state index in [9.17, 15) is 4.79 Å². The van der Waals surface area contributed by atoms with Crippen molar-refractivity contribution in [3.63, 3.8) is 0 Å². The summed E-state index contributed by atoms with van der Waals surface area (Å²) in [6.45, 7) is 0. The quantitative estimate of drug-likeness (QED) is 0.768. The smallest absolute Gasteiger partial charge is 0.271 e. The van der Waals surface area contributed by atoms with Gasteiger partial charge >= 0.3 is 0 Å². The van der Waals surface area contributed by atoms with Gasteiger partial charge in [0.05, 0.1) is 0 Å². The van der Waals surface area contributed by atoms with E-state index in [1.165, 1.54) is 0 Å². The Morgan fingerprint density at radius 2 is 2.25 bits per heavy atom. The average molecular weight is 229 g/mol. The summed E-state index contributed by atoms with van der Waals surface area (Å²) in [5, 5.41) is 0. The van der Waals surface area contributed by atoms with E-state index in [4.69, 9.17) is 5.73 Å². The fourth-order valence-electron chi connectivity index (χ4n) is 1.32. The Bertz CT molecular complexity index is 368. The molecule has 0 bridgehead atoms. The highest BCUT2D eigenvalue weighted by molar-refractivity contribution is 9.10. The second-order valence-corrected chi connectivity index (χ2v) is 3.92. The van der Waals surface area contributed by atoms with Crippen LogP contribution in [0.2, 0.25) is 0 Å². The number of nitrogens with one attached hydrogen (secondary N) is 1. The molecule has 64 valence electrons. The topological polar surface area (TPSA) is 58.9 Å². The number of aromatic amines is 1. The molecule has 0 radical (unpaired) electrons. The Kier molecular flexibility index (Phi) is 1.72. The van der Waals surface area contributed by atoms with E-state index in [2.05, 4.69) is 20.9 Å². The van der Waals surface area contributed by atoms with E-state index in [0.29, 0.717) is 11.6 Å². The van der Waals surface area contributed by atoms with E-state index < -0.39 is 0 Å². The van der Waals surface area contributed by atoms with Crippen LogP contribution in [0.1, 0.15) is 24.3 Å². The number of rotatable bonds is 1. The normalized spacial score (nSPS) is 16.4. The van der Waals surface area contributed by atoms with E-state index in [-0.39, 0.29) is 5.56 Å². The van der Waals surface area contributed by atoms with Gasteiger partial charge in [-0.25, -0.2) is 0 Å². The Morgan fingerprint density at radius 1 is 1.58 bits per heavy atom. The minimum absolute atomic E-state index is 0.180. The number of anilines is 1. The maximum absolute atomic E-state index is 11.1. The average Bonchev–Trinajstić information content (AvgIpc) is 2.81. The molecule has 0 saturated heterocycles. The van der Waals surface area contributed by atoms with Crippen molar-refractivity contribution < 1.29 is 0 Å². The van der Waals surface area contributed by atoms with Gasteiger partial charge in [0.1, 0.15) is 5.69 Å². The van der Waals surface area contributed by atoms with Gasteiger partial charge in [-0.15, -0.1) is 0 Å². The van der Waals surface area contributed by atoms with Gasteiger partial charge in [-0.2, -0.15) is 0 Å². The fraction of sp³-hybridized carbons (Fsp3) is 0.375. The SMILES string of the molecule is Nc1c(C2CC2)c(Br)c[nH]c1=O. The number of aromatic nitrogens is 1. The van der Waals surface area contributed by atoms with Gasteiger partial charge in [-0.1, -0.05) is 0 Å². The third-order valence-corrected chi connectivity index (χ3v) is 2.76. The minimum atomic E-state index is -0.180. The summed E-state index contributed by atoms with van der Waals surface area (Å²) in [5.41, 5.74) is 6.82. The number of hydrogen-bond acceptors (Lipinski definition) is 2. The van der Waals surface area contributed by atoms with Crippen molar-refractivity contribution in [1.29, 1.82) is 0 Å². The molecule has 0 atom stereocenters. The highest BCUT2D eigenvalue weighted by Gasteiger charge is 2.28. The highest BCUT2D eigenvalue weighted by Crippen LogP contribution is 2.44. The van der Waals surface area contributed by atoms with Crippen molar-refractivity contribution >= 4 is 21.6 Å². The predicted octanol–water partition coefficient (Wildman–Crippen LogP) is 1.60. The van der Waals surface area contributed by atoms with Crippen LogP contribution in [0.5, 0.6) is 0 Å². The Hall–Kier alpha value is -0.770. The minimum Gasteiger partial charge on any atom is -0.394 e. The lowest BCUT2D eigenvalue weighted by Gasteiger charge is -2.04. The van der Waals surface area contributed by atoms with E-state index in [0.717, 1.165) is 22.9 Å². The molecule has 1 aromatic heterocycles. The molecule has 3 N–H and O–H groups in total. The summed E-state index contributed by atoms with van der Waals surface area (Å²) >= 11 is 3.37. The molecule has 0 amide bonds. The molecule has 1 heterocycles. The molecule has 2 rings (SSSR count). The molecule has 0 spiro atoms. The van der Waals surface area contributed by atoms with Crippen LogP contribution in [0.25, 0.3) is 0 Å². The molecule has 1 aliphatic carbocycles. The third-order valence-electron chi connectivity index (χ3n) is 2.11. The van der Waals surface area contributed by atoms with Gasteiger partial charge in [0, 0.05) is 10.7 Å². The first kappa shape index (κ1) is 7.86. The van der Waals surface area contributed by atoms with Crippen molar-refractivity contribution in [1.82, 2.24) is 4.98 Å². The highest BCUT2D eigenvalue weighted by atomic mass is 79.9.